The standard InChI is InChI=1S/C22H18N4O3S/c1-13-8-10-15(11-9-13)25-20(28)18(19(27)23-22(25)30)12-17-14(2)24-26(21(17)29)16-6-4-3-5-7-16/h3-12,17H,1-2H3,(H,23,27,30). The summed E-state index contributed by atoms with van der Waals surface area (Å²) in [7, 11) is 0. The minimum atomic E-state index is -0.818. The van der Waals surface area contributed by atoms with Crippen LogP contribution in [-0.4, -0.2) is 28.5 Å². The van der Waals surface area contributed by atoms with Gasteiger partial charge in [0.05, 0.1) is 23.0 Å². The van der Waals surface area contributed by atoms with Gasteiger partial charge in [0.1, 0.15) is 5.57 Å². The van der Waals surface area contributed by atoms with E-state index in [0.717, 1.165) is 5.56 Å². The van der Waals surface area contributed by atoms with E-state index in [1.807, 2.05) is 25.1 Å². The highest BCUT2D eigenvalue weighted by Gasteiger charge is 2.39. The van der Waals surface area contributed by atoms with Crippen LogP contribution in [0.3, 0.4) is 0 Å². The number of hydrazone groups is 1. The molecule has 0 aliphatic carbocycles. The highest BCUT2D eigenvalue weighted by molar-refractivity contribution is 7.80. The summed E-state index contributed by atoms with van der Waals surface area (Å²) in [6.07, 6.45) is 1.37. The Bertz CT molecular complexity index is 1120. The van der Waals surface area contributed by atoms with Crippen molar-refractivity contribution in [3.63, 3.8) is 0 Å². The molecule has 1 saturated heterocycles. The zero-order valence-electron chi connectivity index (χ0n) is 16.3. The average molecular weight is 418 g/mol. The van der Waals surface area contributed by atoms with Crippen molar-refractivity contribution in [3.8, 4) is 0 Å². The molecule has 0 aromatic heterocycles. The quantitative estimate of drug-likeness (QED) is 0.472. The zero-order valence-corrected chi connectivity index (χ0v) is 17.1. The molecule has 4 rings (SSSR count). The van der Waals surface area contributed by atoms with E-state index in [2.05, 4.69) is 10.4 Å². The van der Waals surface area contributed by atoms with Gasteiger partial charge in [-0.2, -0.15) is 10.1 Å². The van der Waals surface area contributed by atoms with E-state index >= 15 is 0 Å². The minimum Gasteiger partial charge on any atom is -0.298 e. The predicted molar refractivity (Wildman–Crippen MR) is 118 cm³/mol. The average Bonchev–Trinajstić information content (AvgIpc) is 3.01. The first-order valence-electron chi connectivity index (χ1n) is 9.29. The van der Waals surface area contributed by atoms with Crippen LogP contribution in [0.5, 0.6) is 0 Å². The Morgan fingerprint density at radius 2 is 1.63 bits per heavy atom. The lowest BCUT2D eigenvalue weighted by molar-refractivity contribution is -0.122. The van der Waals surface area contributed by atoms with Crippen LogP contribution in [0.25, 0.3) is 0 Å². The second-order valence-electron chi connectivity index (χ2n) is 7.02. The summed E-state index contributed by atoms with van der Waals surface area (Å²) in [5.74, 6) is -2.36. The van der Waals surface area contributed by atoms with E-state index in [9.17, 15) is 14.4 Å². The molecule has 30 heavy (non-hydrogen) atoms. The van der Waals surface area contributed by atoms with E-state index < -0.39 is 17.7 Å². The van der Waals surface area contributed by atoms with Gasteiger partial charge in [-0.25, -0.2) is 0 Å². The maximum atomic E-state index is 13.1. The minimum absolute atomic E-state index is 0.0000487. The van der Waals surface area contributed by atoms with Gasteiger partial charge < -0.3 is 0 Å². The third kappa shape index (κ3) is 3.42. The Hall–Kier alpha value is -3.65. The number of aryl methyl sites for hydroxylation is 1. The second-order valence-corrected chi connectivity index (χ2v) is 7.41. The van der Waals surface area contributed by atoms with Crippen molar-refractivity contribution in [3.05, 3.63) is 71.8 Å². The molecule has 7 nitrogen and oxygen atoms in total. The first kappa shape index (κ1) is 19.7. The summed E-state index contributed by atoms with van der Waals surface area (Å²) in [5, 5.41) is 8.13. The van der Waals surface area contributed by atoms with Crippen LogP contribution in [0, 0.1) is 12.8 Å². The van der Waals surface area contributed by atoms with E-state index in [0.29, 0.717) is 17.1 Å². The molecule has 2 aliphatic heterocycles. The molecule has 8 heteroatoms. The van der Waals surface area contributed by atoms with Gasteiger partial charge in [-0.15, -0.1) is 0 Å². The molecule has 1 N–H and O–H groups in total. The van der Waals surface area contributed by atoms with Crippen molar-refractivity contribution in [2.45, 2.75) is 13.8 Å². The van der Waals surface area contributed by atoms with E-state index in [1.54, 1.807) is 43.3 Å². The summed E-state index contributed by atoms with van der Waals surface area (Å²) < 4.78 is 0. The lowest BCUT2D eigenvalue weighted by atomic mass is 9.98. The number of thiocarbonyl (C=S) groups is 1. The maximum Gasteiger partial charge on any atom is 0.269 e. The monoisotopic (exact) mass is 418 g/mol. The first-order valence-corrected chi connectivity index (χ1v) is 9.70. The predicted octanol–water partition coefficient (Wildman–Crippen LogP) is 2.71. The van der Waals surface area contributed by atoms with Gasteiger partial charge in [0.25, 0.3) is 17.7 Å². The maximum absolute atomic E-state index is 13.1. The number of hydrogen-bond acceptors (Lipinski definition) is 5. The van der Waals surface area contributed by atoms with Crippen LogP contribution in [0.15, 0.2) is 71.3 Å². The molecule has 0 radical (unpaired) electrons. The van der Waals surface area contributed by atoms with Crippen molar-refractivity contribution in [2.75, 3.05) is 9.91 Å². The van der Waals surface area contributed by atoms with Crippen molar-refractivity contribution < 1.29 is 14.4 Å². The van der Waals surface area contributed by atoms with Crippen molar-refractivity contribution in [1.29, 1.82) is 0 Å². The van der Waals surface area contributed by atoms with Crippen LogP contribution < -0.4 is 15.2 Å². The van der Waals surface area contributed by atoms with Crippen molar-refractivity contribution >= 4 is 52.1 Å². The molecule has 2 aliphatic rings. The Morgan fingerprint density at radius 3 is 2.30 bits per heavy atom. The lowest BCUT2D eigenvalue weighted by Gasteiger charge is -2.29. The summed E-state index contributed by atoms with van der Waals surface area (Å²) in [5.41, 5.74) is 2.53. The van der Waals surface area contributed by atoms with Crippen LogP contribution in [0.2, 0.25) is 0 Å². The van der Waals surface area contributed by atoms with E-state index in [-0.39, 0.29) is 16.6 Å². The number of nitrogens with zero attached hydrogens (tertiary/aromatic N) is 3. The number of benzene rings is 2. The number of para-hydroxylation sites is 1. The number of nitrogens with one attached hydrogen (secondary N) is 1. The molecular weight excluding hydrogens is 400 g/mol. The largest absolute Gasteiger partial charge is 0.298 e. The molecule has 150 valence electrons. The fraction of sp³-hybridized carbons (Fsp3) is 0.136. The van der Waals surface area contributed by atoms with Gasteiger partial charge in [-0.1, -0.05) is 35.9 Å². The van der Waals surface area contributed by atoms with Crippen LogP contribution in [0.4, 0.5) is 11.4 Å². The van der Waals surface area contributed by atoms with Crippen molar-refractivity contribution in [2.24, 2.45) is 11.0 Å². The molecule has 1 fully saturated rings. The third-order valence-electron chi connectivity index (χ3n) is 4.91. The molecule has 1 unspecified atom stereocenters. The fourth-order valence-corrected chi connectivity index (χ4v) is 3.58. The third-order valence-corrected chi connectivity index (χ3v) is 5.20. The summed E-state index contributed by atoms with van der Waals surface area (Å²) >= 11 is 5.21. The smallest absolute Gasteiger partial charge is 0.269 e. The summed E-state index contributed by atoms with van der Waals surface area (Å²) in [4.78, 5) is 39.8. The van der Waals surface area contributed by atoms with Gasteiger partial charge in [0.2, 0.25) is 0 Å². The molecular formula is C22H18N4O3S. The molecule has 2 heterocycles. The Labute approximate surface area is 178 Å². The molecule has 0 spiro atoms. The van der Waals surface area contributed by atoms with Gasteiger partial charge >= 0.3 is 0 Å². The zero-order chi connectivity index (χ0) is 21.4. The number of carbonyl (C=O) groups excluding carboxylic acids is 3. The van der Waals surface area contributed by atoms with Crippen LogP contribution in [-0.2, 0) is 14.4 Å². The second kappa shape index (κ2) is 7.64. The SMILES string of the molecule is CC1=NN(c2ccccc2)C(=O)C1C=C1C(=O)NC(=S)N(c2ccc(C)cc2)C1=O. The van der Waals surface area contributed by atoms with Crippen LogP contribution >= 0.6 is 12.2 Å². The van der Waals surface area contributed by atoms with Crippen molar-refractivity contribution in [1.82, 2.24) is 5.32 Å². The Kier molecular flexibility index (Phi) is 5.01. The van der Waals surface area contributed by atoms with Gasteiger partial charge in [0.15, 0.2) is 5.11 Å². The molecule has 0 saturated carbocycles. The van der Waals surface area contributed by atoms with E-state index in [4.69, 9.17) is 12.2 Å². The molecule has 1 atom stereocenters. The van der Waals surface area contributed by atoms with Gasteiger partial charge in [0, 0.05) is 0 Å². The summed E-state index contributed by atoms with van der Waals surface area (Å²) in [6, 6.07) is 16.2. The summed E-state index contributed by atoms with van der Waals surface area (Å²) in [6.45, 7) is 3.62. The first-order chi connectivity index (χ1) is 14.4. The number of amides is 3. The highest BCUT2D eigenvalue weighted by atomic mass is 32.1. The molecule has 3 amide bonds. The van der Waals surface area contributed by atoms with Gasteiger partial charge in [-0.05, 0) is 56.4 Å². The van der Waals surface area contributed by atoms with Crippen LogP contribution in [0.1, 0.15) is 12.5 Å². The number of carbonyl (C=O) groups is 3. The number of anilines is 2. The molecule has 2 aromatic rings. The highest BCUT2D eigenvalue weighted by Crippen LogP contribution is 2.27. The topological polar surface area (TPSA) is 82.1 Å². The van der Waals surface area contributed by atoms with Gasteiger partial charge in [-0.3, -0.25) is 24.6 Å². The normalized spacial score (nSPS) is 20.7. The lowest BCUT2D eigenvalue weighted by Crippen LogP contribution is -2.54. The number of rotatable bonds is 3. The Balaban J connectivity index is 1.67. The number of hydrogen-bond donors (Lipinski definition) is 1. The fourth-order valence-electron chi connectivity index (χ4n) is 3.30. The van der Waals surface area contributed by atoms with E-state index in [1.165, 1.54) is 16.0 Å². The molecule has 0 bridgehead atoms. The Morgan fingerprint density at radius 1 is 0.967 bits per heavy atom. The molecule has 2 aromatic carbocycles.